The van der Waals surface area contributed by atoms with E-state index >= 15 is 0 Å². The lowest BCUT2D eigenvalue weighted by atomic mass is 9.95. The van der Waals surface area contributed by atoms with Gasteiger partial charge in [0.1, 0.15) is 29.6 Å². The number of sulfone groups is 1. The fourth-order valence-electron chi connectivity index (χ4n) is 3.94. The summed E-state index contributed by atoms with van der Waals surface area (Å²) < 4.78 is 70.9. The predicted molar refractivity (Wildman–Crippen MR) is 158 cm³/mol. The molecule has 0 spiro atoms. The molecule has 3 N–H and O–H groups in total. The van der Waals surface area contributed by atoms with Crippen LogP contribution in [0.2, 0.25) is 0 Å². The van der Waals surface area contributed by atoms with Crippen LogP contribution in [-0.4, -0.2) is 48.9 Å². The second-order valence-corrected chi connectivity index (χ2v) is 14.1. The van der Waals surface area contributed by atoms with Crippen LogP contribution in [0.3, 0.4) is 0 Å². The van der Waals surface area contributed by atoms with Crippen LogP contribution >= 0.6 is 0 Å². The number of nitrogen functional groups attached to an aromatic ring is 1. The van der Waals surface area contributed by atoms with Crippen LogP contribution in [0.15, 0.2) is 64.4 Å². The zero-order chi connectivity index (χ0) is 30.6. The Hall–Kier alpha value is -3.77. The Bertz CT molecular complexity index is 1630. The van der Waals surface area contributed by atoms with Gasteiger partial charge < -0.3 is 19.9 Å². The van der Waals surface area contributed by atoms with Crippen LogP contribution in [0.25, 0.3) is 0 Å². The number of carbonyl (C=O) groups excluding carboxylic acids is 1. The minimum Gasteiger partial charge on any atom is -0.497 e. The van der Waals surface area contributed by atoms with Crippen molar-refractivity contribution in [2.75, 3.05) is 36.5 Å². The van der Waals surface area contributed by atoms with E-state index in [1.165, 1.54) is 31.4 Å². The molecule has 0 aliphatic heterocycles. The smallest absolute Gasteiger partial charge is 0.315 e. The molecule has 0 bridgehead atoms. The average Bonchev–Trinajstić information content (AvgIpc) is 2.88. The molecule has 0 unspecified atom stereocenters. The quantitative estimate of drug-likeness (QED) is 0.226. The highest BCUT2D eigenvalue weighted by Gasteiger charge is 2.33. The van der Waals surface area contributed by atoms with Crippen LogP contribution in [0.5, 0.6) is 11.5 Å². The maximum absolute atomic E-state index is 13.5. The Morgan fingerprint density at radius 1 is 0.927 bits per heavy atom. The molecule has 0 heterocycles. The standard InChI is InChI=1S/C29H36N2O8S2/c1-19-7-10-23(11-8-19)40(33,34)14-13-38-28(32)29(4,5)18-39-26-16-20(2)15-21(3)27(26)41(35,36)31-25-12-9-22(37-6)17-24(25)30/h7-12,15-17,31H,13-14,18,30H2,1-6H3. The molecular weight excluding hydrogens is 568 g/mol. The fourth-order valence-corrected chi connectivity index (χ4v) is 6.48. The van der Waals surface area contributed by atoms with Gasteiger partial charge in [0, 0.05) is 6.07 Å². The Morgan fingerprint density at radius 3 is 2.20 bits per heavy atom. The van der Waals surface area contributed by atoms with Gasteiger partial charge in [0.25, 0.3) is 10.0 Å². The Kier molecular flexibility index (Phi) is 9.60. The van der Waals surface area contributed by atoms with Gasteiger partial charge in [0.15, 0.2) is 9.84 Å². The normalized spacial score (nSPS) is 12.0. The SMILES string of the molecule is COc1ccc(NS(=O)(=O)c2c(C)cc(C)cc2OCC(C)(C)C(=O)OCCS(=O)(=O)c2ccc(C)cc2)c(N)c1. The van der Waals surface area contributed by atoms with E-state index in [0.717, 1.165) is 11.1 Å². The molecule has 0 amide bonds. The molecule has 3 aromatic carbocycles. The zero-order valence-electron chi connectivity index (χ0n) is 24.0. The minimum atomic E-state index is -4.16. The van der Waals surface area contributed by atoms with Crippen molar-refractivity contribution in [3.63, 3.8) is 0 Å². The molecule has 41 heavy (non-hydrogen) atoms. The van der Waals surface area contributed by atoms with E-state index in [9.17, 15) is 21.6 Å². The maximum atomic E-state index is 13.5. The van der Waals surface area contributed by atoms with Crippen molar-refractivity contribution in [1.29, 1.82) is 0 Å². The number of aryl methyl sites for hydroxylation is 3. The molecule has 0 aliphatic carbocycles. The summed E-state index contributed by atoms with van der Waals surface area (Å²) in [7, 11) is -6.32. The molecule has 3 aromatic rings. The van der Waals surface area contributed by atoms with E-state index < -0.39 is 31.2 Å². The highest BCUT2D eigenvalue weighted by molar-refractivity contribution is 7.93. The third-order valence-corrected chi connectivity index (χ3v) is 9.51. The van der Waals surface area contributed by atoms with Gasteiger partial charge in [-0.3, -0.25) is 9.52 Å². The summed E-state index contributed by atoms with van der Waals surface area (Å²) in [6.45, 7) is 7.85. The second kappa shape index (κ2) is 12.4. The van der Waals surface area contributed by atoms with Gasteiger partial charge in [-0.25, -0.2) is 16.8 Å². The first-order valence-corrected chi connectivity index (χ1v) is 15.9. The van der Waals surface area contributed by atoms with E-state index in [4.69, 9.17) is 19.9 Å². The van der Waals surface area contributed by atoms with E-state index in [-0.39, 0.29) is 45.9 Å². The van der Waals surface area contributed by atoms with Crippen LogP contribution in [-0.2, 0) is 29.4 Å². The first-order chi connectivity index (χ1) is 19.1. The predicted octanol–water partition coefficient (Wildman–Crippen LogP) is 4.43. The van der Waals surface area contributed by atoms with Crippen molar-refractivity contribution >= 4 is 37.2 Å². The Balaban J connectivity index is 1.73. The summed E-state index contributed by atoms with van der Waals surface area (Å²) >= 11 is 0. The Labute approximate surface area is 241 Å². The van der Waals surface area contributed by atoms with Gasteiger partial charge >= 0.3 is 5.97 Å². The molecule has 0 fully saturated rings. The third-order valence-electron chi connectivity index (χ3n) is 6.26. The first-order valence-electron chi connectivity index (χ1n) is 12.7. The van der Waals surface area contributed by atoms with Gasteiger partial charge in [0.2, 0.25) is 0 Å². The third kappa shape index (κ3) is 7.92. The van der Waals surface area contributed by atoms with E-state index in [1.807, 2.05) is 6.92 Å². The molecule has 0 radical (unpaired) electrons. The molecule has 0 saturated carbocycles. The number of ether oxygens (including phenoxy) is 3. The summed E-state index contributed by atoms with van der Waals surface area (Å²) in [5, 5.41) is 0. The summed E-state index contributed by atoms with van der Waals surface area (Å²) in [6, 6.07) is 14.3. The highest BCUT2D eigenvalue weighted by Crippen LogP contribution is 2.34. The van der Waals surface area contributed by atoms with Gasteiger partial charge in [-0.05, 0) is 76.1 Å². The molecule has 0 aliphatic rings. The number of nitrogens with two attached hydrogens (primary N) is 1. The van der Waals surface area contributed by atoms with Crippen molar-refractivity contribution in [3.8, 4) is 11.5 Å². The van der Waals surface area contributed by atoms with Crippen LogP contribution in [0.4, 0.5) is 11.4 Å². The number of benzene rings is 3. The average molecular weight is 605 g/mol. The fraction of sp³-hybridized carbons (Fsp3) is 0.345. The number of rotatable bonds is 12. The number of anilines is 2. The van der Waals surface area contributed by atoms with Crippen molar-refractivity contribution in [2.24, 2.45) is 5.41 Å². The lowest BCUT2D eigenvalue weighted by Gasteiger charge is -2.24. The molecule has 3 rings (SSSR count). The monoisotopic (exact) mass is 604 g/mol. The number of carbonyl (C=O) groups is 1. The number of esters is 1. The van der Waals surface area contributed by atoms with Gasteiger partial charge in [-0.15, -0.1) is 0 Å². The molecule has 222 valence electrons. The van der Waals surface area contributed by atoms with Gasteiger partial charge in [0.05, 0.1) is 34.5 Å². The molecule has 10 nitrogen and oxygen atoms in total. The second-order valence-electron chi connectivity index (χ2n) is 10.4. The molecule has 0 atom stereocenters. The van der Waals surface area contributed by atoms with E-state index in [0.29, 0.717) is 11.3 Å². The minimum absolute atomic E-state index is 0.0462. The van der Waals surface area contributed by atoms with E-state index in [2.05, 4.69) is 4.72 Å². The summed E-state index contributed by atoms with van der Waals surface area (Å²) in [6.07, 6.45) is 0. The lowest BCUT2D eigenvalue weighted by molar-refractivity contribution is -0.154. The van der Waals surface area contributed by atoms with Crippen molar-refractivity contribution in [1.82, 2.24) is 0 Å². The molecule has 12 heteroatoms. The molecule has 0 aromatic heterocycles. The number of hydrogen-bond acceptors (Lipinski definition) is 9. The summed E-state index contributed by atoms with van der Waals surface area (Å²) in [5.74, 6) is -0.541. The van der Waals surface area contributed by atoms with Crippen LogP contribution in [0, 0.1) is 26.2 Å². The van der Waals surface area contributed by atoms with Gasteiger partial charge in [-0.1, -0.05) is 23.8 Å². The molecular formula is C29H36N2O8S2. The lowest BCUT2D eigenvalue weighted by Crippen LogP contribution is -2.34. The zero-order valence-corrected chi connectivity index (χ0v) is 25.6. The van der Waals surface area contributed by atoms with Crippen LogP contribution in [0.1, 0.15) is 30.5 Å². The topological polar surface area (TPSA) is 151 Å². The Morgan fingerprint density at radius 2 is 1.59 bits per heavy atom. The first kappa shape index (κ1) is 31.8. The number of methoxy groups -OCH3 is 1. The van der Waals surface area contributed by atoms with Crippen molar-refractivity contribution in [2.45, 2.75) is 44.4 Å². The molecule has 0 saturated heterocycles. The largest absolute Gasteiger partial charge is 0.497 e. The summed E-state index contributed by atoms with van der Waals surface area (Å²) in [5.41, 5.74) is 7.24. The number of hydrogen-bond donors (Lipinski definition) is 2. The highest BCUT2D eigenvalue weighted by atomic mass is 32.2. The van der Waals surface area contributed by atoms with Gasteiger partial charge in [-0.2, -0.15) is 0 Å². The number of nitrogens with one attached hydrogen (secondary N) is 1. The maximum Gasteiger partial charge on any atom is 0.315 e. The number of sulfonamides is 1. The van der Waals surface area contributed by atoms with Crippen LogP contribution < -0.4 is 19.9 Å². The van der Waals surface area contributed by atoms with E-state index in [1.54, 1.807) is 58.0 Å². The van der Waals surface area contributed by atoms with Crippen molar-refractivity contribution < 1.29 is 35.8 Å². The van der Waals surface area contributed by atoms with Crippen molar-refractivity contribution in [3.05, 3.63) is 71.3 Å². The summed E-state index contributed by atoms with van der Waals surface area (Å²) in [4.78, 5) is 12.9.